The molecule has 6 nitrogen and oxygen atoms in total. The zero-order valence-corrected chi connectivity index (χ0v) is 15.5. The number of nitrogens with zero attached hydrogens (tertiary/aromatic N) is 1. The third-order valence-corrected chi connectivity index (χ3v) is 5.21. The van der Waals surface area contributed by atoms with Gasteiger partial charge in [-0.25, -0.2) is 0 Å². The van der Waals surface area contributed by atoms with Gasteiger partial charge in [0.25, 0.3) is 5.91 Å². The summed E-state index contributed by atoms with van der Waals surface area (Å²) in [7, 11) is 0. The normalized spacial score (nSPS) is 21.5. The first-order valence-electron chi connectivity index (χ1n) is 9.22. The molecule has 26 heavy (non-hydrogen) atoms. The topological polar surface area (TPSA) is 71.3 Å². The number of aliphatic hydroxyl groups is 1. The Morgan fingerprint density at radius 3 is 2.54 bits per heavy atom. The van der Waals surface area contributed by atoms with Gasteiger partial charge in [-0.1, -0.05) is 29.8 Å². The number of hydrogen-bond acceptors (Lipinski definition) is 4. The van der Waals surface area contributed by atoms with Gasteiger partial charge >= 0.3 is 0 Å². The number of aliphatic hydroxyl groups excluding tert-OH is 1. The van der Waals surface area contributed by atoms with Gasteiger partial charge < -0.3 is 19.6 Å². The summed E-state index contributed by atoms with van der Waals surface area (Å²) in [5.74, 6) is -1.11. The van der Waals surface area contributed by atoms with Crippen LogP contribution in [0.3, 0.4) is 0 Å². The molecule has 140 valence electrons. The van der Waals surface area contributed by atoms with Crippen LogP contribution in [0, 0.1) is 6.92 Å². The van der Waals surface area contributed by atoms with Crippen molar-refractivity contribution >= 4 is 11.7 Å². The molecule has 0 bridgehead atoms. The van der Waals surface area contributed by atoms with Gasteiger partial charge in [-0.2, -0.15) is 0 Å². The van der Waals surface area contributed by atoms with Crippen LogP contribution in [0.15, 0.2) is 35.6 Å². The lowest BCUT2D eigenvalue weighted by molar-refractivity contribution is -0.908. The average Bonchev–Trinajstić information content (AvgIpc) is 2.88. The van der Waals surface area contributed by atoms with Gasteiger partial charge in [0.1, 0.15) is 13.1 Å². The molecule has 0 saturated carbocycles. The number of quaternary nitrogens is 1. The molecule has 3 rings (SSSR count). The molecule has 0 radical (unpaired) electrons. The van der Waals surface area contributed by atoms with E-state index in [0.29, 0.717) is 6.54 Å². The van der Waals surface area contributed by atoms with E-state index in [1.54, 1.807) is 4.90 Å². The van der Waals surface area contributed by atoms with Crippen LogP contribution in [0.25, 0.3) is 0 Å². The Labute approximate surface area is 154 Å². The number of benzene rings is 1. The first-order chi connectivity index (χ1) is 12.5. The summed E-state index contributed by atoms with van der Waals surface area (Å²) in [5.41, 5.74) is 2.17. The average molecular weight is 359 g/mol. The Kier molecular flexibility index (Phi) is 5.74. The highest BCUT2D eigenvalue weighted by atomic mass is 16.5. The highest BCUT2D eigenvalue weighted by Crippen LogP contribution is 2.37. The molecular weight excluding hydrogens is 332 g/mol. The second-order valence-corrected chi connectivity index (χ2v) is 7.10. The largest absolute Gasteiger partial charge is 0.503 e. The third kappa shape index (κ3) is 3.81. The van der Waals surface area contributed by atoms with Crippen molar-refractivity contribution in [3.63, 3.8) is 0 Å². The quantitative estimate of drug-likeness (QED) is 0.780. The summed E-state index contributed by atoms with van der Waals surface area (Å²) in [5, 5.41) is 10.3. The van der Waals surface area contributed by atoms with Gasteiger partial charge in [-0.3, -0.25) is 9.59 Å². The molecule has 1 saturated heterocycles. The third-order valence-electron chi connectivity index (χ3n) is 5.21. The van der Waals surface area contributed by atoms with Crippen LogP contribution >= 0.6 is 0 Å². The lowest BCUT2D eigenvalue weighted by Crippen LogP contribution is -3.14. The maximum atomic E-state index is 12.6. The van der Waals surface area contributed by atoms with E-state index in [2.05, 4.69) is 0 Å². The van der Waals surface area contributed by atoms with Crippen molar-refractivity contribution in [1.82, 2.24) is 4.90 Å². The summed E-state index contributed by atoms with van der Waals surface area (Å²) in [6.45, 7) is 8.39. The number of aryl methyl sites for hydroxylation is 1. The van der Waals surface area contributed by atoms with Crippen molar-refractivity contribution < 1.29 is 24.3 Å². The SMILES string of the molecule is CC(=O)C1=C(O)C(=O)N(CCC[NH+]2CCOCC2)[C@H]1c1ccc(C)cc1. The van der Waals surface area contributed by atoms with Crippen LogP contribution in [0.5, 0.6) is 0 Å². The smallest absolute Gasteiger partial charge is 0.290 e. The second kappa shape index (κ2) is 8.01. The molecule has 0 aliphatic carbocycles. The number of carbonyl (C=O) groups is 2. The zero-order chi connectivity index (χ0) is 18.7. The molecule has 1 amide bonds. The number of ether oxygens (including phenoxy) is 1. The van der Waals surface area contributed by atoms with E-state index < -0.39 is 17.7 Å². The van der Waals surface area contributed by atoms with Crippen LogP contribution < -0.4 is 4.90 Å². The minimum absolute atomic E-state index is 0.206. The summed E-state index contributed by atoms with van der Waals surface area (Å²) in [6.07, 6.45) is 0.821. The van der Waals surface area contributed by atoms with E-state index in [9.17, 15) is 14.7 Å². The summed E-state index contributed by atoms with van der Waals surface area (Å²) in [4.78, 5) is 27.8. The number of rotatable bonds is 6. The molecule has 2 aliphatic heterocycles. The van der Waals surface area contributed by atoms with Crippen molar-refractivity contribution in [3.8, 4) is 0 Å². The number of ketones is 1. The van der Waals surface area contributed by atoms with E-state index in [0.717, 1.165) is 50.4 Å². The van der Waals surface area contributed by atoms with Gasteiger partial charge in [0.2, 0.25) is 0 Å². The van der Waals surface area contributed by atoms with Gasteiger partial charge in [-0.05, 0) is 19.4 Å². The number of morpholine rings is 1. The molecule has 2 N–H and O–H groups in total. The van der Waals surface area contributed by atoms with Crippen molar-refractivity contribution in [2.24, 2.45) is 0 Å². The van der Waals surface area contributed by atoms with Gasteiger partial charge in [0, 0.05) is 13.0 Å². The lowest BCUT2D eigenvalue weighted by Gasteiger charge is -2.28. The maximum Gasteiger partial charge on any atom is 0.290 e. The van der Waals surface area contributed by atoms with E-state index >= 15 is 0 Å². The molecule has 1 aromatic rings. The first kappa shape index (κ1) is 18.6. The number of carbonyl (C=O) groups excluding carboxylic acids is 2. The van der Waals surface area contributed by atoms with Crippen molar-refractivity contribution in [3.05, 3.63) is 46.7 Å². The highest BCUT2D eigenvalue weighted by molar-refractivity contribution is 6.08. The van der Waals surface area contributed by atoms with Crippen molar-refractivity contribution in [1.29, 1.82) is 0 Å². The minimum atomic E-state index is -0.500. The molecule has 1 atom stereocenters. The van der Waals surface area contributed by atoms with Crippen LogP contribution in [-0.2, 0) is 14.3 Å². The van der Waals surface area contributed by atoms with Crippen molar-refractivity contribution in [2.45, 2.75) is 26.3 Å². The lowest BCUT2D eigenvalue weighted by atomic mass is 9.96. The molecule has 2 aliphatic rings. The number of amides is 1. The van der Waals surface area contributed by atoms with Crippen LogP contribution in [0.4, 0.5) is 0 Å². The first-order valence-corrected chi connectivity index (χ1v) is 9.22. The Bertz CT molecular complexity index is 705. The number of Topliss-reactive ketones (excluding diaryl/α,β-unsaturated/α-hetero) is 1. The minimum Gasteiger partial charge on any atom is -0.503 e. The standard InChI is InChI=1S/C20H26N2O4/c1-14-4-6-16(7-5-14)18-17(15(2)23)19(24)20(25)22(18)9-3-8-21-10-12-26-13-11-21/h4-7,18,24H,3,8-13H2,1-2H3/p+1/t18-/m0/s1. The summed E-state index contributed by atoms with van der Waals surface area (Å²) in [6, 6.07) is 7.27. The maximum absolute atomic E-state index is 12.6. The van der Waals surface area contributed by atoms with E-state index in [4.69, 9.17) is 4.74 Å². The predicted molar refractivity (Wildman–Crippen MR) is 97.0 cm³/mol. The van der Waals surface area contributed by atoms with Gasteiger partial charge in [-0.15, -0.1) is 0 Å². The summed E-state index contributed by atoms with van der Waals surface area (Å²) < 4.78 is 5.37. The highest BCUT2D eigenvalue weighted by Gasteiger charge is 2.42. The predicted octanol–water partition coefficient (Wildman–Crippen LogP) is 0.585. The molecule has 2 heterocycles. The van der Waals surface area contributed by atoms with Gasteiger partial charge in [0.05, 0.1) is 31.4 Å². The number of hydrogen-bond donors (Lipinski definition) is 2. The molecule has 0 unspecified atom stereocenters. The Morgan fingerprint density at radius 1 is 1.27 bits per heavy atom. The van der Waals surface area contributed by atoms with Crippen molar-refractivity contribution in [2.75, 3.05) is 39.4 Å². The molecular formula is C20H27N2O4+. The van der Waals surface area contributed by atoms with E-state index in [1.165, 1.54) is 11.8 Å². The van der Waals surface area contributed by atoms with Gasteiger partial charge in [0.15, 0.2) is 11.5 Å². The fraction of sp³-hybridized carbons (Fsp3) is 0.500. The Morgan fingerprint density at radius 2 is 1.92 bits per heavy atom. The van der Waals surface area contributed by atoms with Crippen LogP contribution in [0.1, 0.15) is 30.5 Å². The van der Waals surface area contributed by atoms with Crippen LogP contribution in [-0.4, -0.2) is 61.1 Å². The molecule has 0 aromatic heterocycles. The summed E-state index contributed by atoms with van der Waals surface area (Å²) >= 11 is 0. The molecule has 6 heteroatoms. The Balaban J connectivity index is 1.76. The van der Waals surface area contributed by atoms with E-state index in [1.807, 2.05) is 31.2 Å². The molecule has 0 spiro atoms. The monoisotopic (exact) mass is 359 g/mol. The molecule has 1 fully saturated rings. The molecule has 1 aromatic carbocycles. The fourth-order valence-electron chi connectivity index (χ4n) is 3.75. The fourth-order valence-corrected chi connectivity index (χ4v) is 3.75. The zero-order valence-electron chi connectivity index (χ0n) is 15.5. The second-order valence-electron chi connectivity index (χ2n) is 7.10. The van der Waals surface area contributed by atoms with E-state index in [-0.39, 0.29) is 11.4 Å². The Hall–Kier alpha value is -2.18. The van der Waals surface area contributed by atoms with Crippen LogP contribution in [0.2, 0.25) is 0 Å². The number of nitrogens with one attached hydrogen (secondary N) is 1.